The maximum absolute atomic E-state index is 9.76. The molecule has 2 aromatic rings. The number of phenolic OH excluding ortho intramolecular Hbond substituents is 1. The minimum absolute atomic E-state index is 0.158. The second-order valence-corrected chi connectivity index (χ2v) is 4.89. The lowest BCUT2D eigenvalue weighted by Crippen LogP contribution is -2.04. The Morgan fingerprint density at radius 1 is 1.32 bits per heavy atom. The highest BCUT2D eigenvalue weighted by molar-refractivity contribution is 5.60. The first kappa shape index (κ1) is 13.5. The molecule has 0 fully saturated rings. The normalized spacial score (nSPS) is 12.6. The van der Waals surface area contributed by atoms with Gasteiger partial charge in [-0.15, -0.1) is 0 Å². The lowest BCUT2D eigenvalue weighted by atomic mass is 10.1. The van der Waals surface area contributed by atoms with Crippen molar-refractivity contribution in [3.05, 3.63) is 29.2 Å². The summed E-state index contributed by atoms with van der Waals surface area (Å²) in [5.41, 5.74) is 7.98. The molecule has 0 amide bonds. The van der Waals surface area contributed by atoms with Crippen molar-refractivity contribution in [1.29, 1.82) is 0 Å². The average molecular weight is 261 g/mol. The third kappa shape index (κ3) is 2.76. The predicted octanol–water partition coefficient (Wildman–Crippen LogP) is 2.51. The van der Waals surface area contributed by atoms with Gasteiger partial charge in [0.05, 0.1) is 0 Å². The molecule has 1 aromatic carbocycles. The monoisotopic (exact) mass is 261 g/mol. The topological polar surface area (TPSA) is 85.2 Å². The first-order chi connectivity index (χ1) is 9.02. The van der Waals surface area contributed by atoms with Crippen molar-refractivity contribution in [3.63, 3.8) is 0 Å². The van der Waals surface area contributed by atoms with Crippen molar-refractivity contribution in [2.24, 2.45) is 5.73 Å². The first-order valence-corrected chi connectivity index (χ1v) is 6.37. The van der Waals surface area contributed by atoms with Gasteiger partial charge in [-0.2, -0.15) is 4.98 Å². The van der Waals surface area contributed by atoms with Crippen LogP contribution in [0.4, 0.5) is 0 Å². The number of nitrogens with two attached hydrogens (primary N) is 1. The Morgan fingerprint density at radius 2 is 1.95 bits per heavy atom. The number of rotatable bonds is 4. The molecule has 5 nitrogen and oxygen atoms in total. The minimum atomic E-state index is 0.158. The number of aryl methyl sites for hydroxylation is 2. The third-order valence-corrected chi connectivity index (χ3v) is 3.21. The highest BCUT2D eigenvalue weighted by Gasteiger charge is 2.15. The second-order valence-electron chi connectivity index (χ2n) is 4.89. The Balaban J connectivity index is 2.33. The van der Waals surface area contributed by atoms with E-state index >= 15 is 0 Å². The lowest BCUT2D eigenvalue weighted by Gasteiger charge is -2.05. The van der Waals surface area contributed by atoms with Crippen LogP contribution < -0.4 is 5.73 Å². The summed E-state index contributed by atoms with van der Waals surface area (Å²) in [5, 5.41) is 13.8. The van der Waals surface area contributed by atoms with E-state index in [4.69, 9.17) is 10.3 Å². The van der Waals surface area contributed by atoms with Gasteiger partial charge in [0.1, 0.15) is 5.75 Å². The molecule has 5 heteroatoms. The van der Waals surface area contributed by atoms with Gasteiger partial charge in [0.25, 0.3) is 0 Å². The molecule has 0 aliphatic rings. The summed E-state index contributed by atoms with van der Waals surface area (Å²) in [7, 11) is 0. The summed E-state index contributed by atoms with van der Waals surface area (Å²) in [4.78, 5) is 4.40. The fourth-order valence-electron chi connectivity index (χ4n) is 2.01. The SMILES string of the molecule is Cc1cc(-c2noc(C(C)CCN)n2)cc(C)c1O. The maximum Gasteiger partial charge on any atom is 0.229 e. The number of hydrogen-bond donors (Lipinski definition) is 2. The van der Waals surface area contributed by atoms with Crippen LogP contribution in [0, 0.1) is 13.8 Å². The van der Waals surface area contributed by atoms with Gasteiger partial charge in [-0.05, 0) is 50.1 Å². The van der Waals surface area contributed by atoms with Gasteiger partial charge in [-0.1, -0.05) is 12.1 Å². The van der Waals surface area contributed by atoms with E-state index in [1.807, 2.05) is 32.9 Å². The molecule has 0 saturated heterocycles. The molecule has 0 bridgehead atoms. The Bertz CT molecular complexity index is 555. The van der Waals surface area contributed by atoms with Crippen LogP contribution in [0.25, 0.3) is 11.4 Å². The van der Waals surface area contributed by atoms with Crippen molar-refractivity contribution >= 4 is 0 Å². The molecule has 102 valence electrons. The van der Waals surface area contributed by atoms with Crippen molar-refractivity contribution in [1.82, 2.24) is 10.1 Å². The standard InChI is InChI=1S/C14H19N3O2/c1-8(4-5-15)14-16-13(17-19-14)11-6-9(2)12(18)10(3)7-11/h6-8,18H,4-5,15H2,1-3H3. The predicted molar refractivity (Wildman–Crippen MR) is 73.0 cm³/mol. The zero-order chi connectivity index (χ0) is 14.0. The third-order valence-electron chi connectivity index (χ3n) is 3.21. The molecule has 0 aliphatic heterocycles. The summed E-state index contributed by atoms with van der Waals surface area (Å²) in [6.45, 7) is 6.31. The minimum Gasteiger partial charge on any atom is -0.507 e. The number of aromatic nitrogens is 2. The van der Waals surface area contributed by atoms with Gasteiger partial charge in [-0.3, -0.25) is 0 Å². The molecular formula is C14H19N3O2. The van der Waals surface area contributed by atoms with Crippen LogP contribution in [0.5, 0.6) is 5.75 Å². The van der Waals surface area contributed by atoms with E-state index in [0.717, 1.165) is 23.1 Å². The van der Waals surface area contributed by atoms with Gasteiger partial charge >= 0.3 is 0 Å². The van der Waals surface area contributed by atoms with Crippen LogP contribution in [-0.4, -0.2) is 21.8 Å². The number of nitrogens with zero attached hydrogens (tertiary/aromatic N) is 2. The van der Waals surface area contributed by atoms with E-state index in [2.05, 4.69) is 10.1 Å². The van der Waals surface area contributed by atoms with Crippen LogP contribution in [0.15, 0.2) is 16.7 Å². The molecular weight excluding hydrogens is 242 g/mol. The summed E-state index contributed by atoms with van der Waals surface area (Å²) in [6, 6.07) is 3.70. The van der Waals surface area contributed by atoms with Gasteiger partial charge in [0, 0.05) is 11.5 Å². The molecule has 0 saturated carbocycles. The molecule has 0 aliphatic carbocycles. The highest BCUT2D eigenvalue weighted by atomic mass is 16.5. The molecule has 3 N–H and O–H groups in total. The Hall–Kier alpha value is -1.88. The number of hydrogen-bond acceptors (Lipinski definition) is 5. The number of phenols is 1. The van der Waals surface area contributed by atoms with Gasteiger partial charge < -0.3 is 15.4 Å². The van der Waals surface area contributed by atoms with Gasteiger partial charge in [0.15, 0.2) is 0 Å². The van der Waals surface area contributed by atoms with Gasteiger partial charge in [0.2, 0.25) is 11.7 Å². The molecule has 2 rings (SSSR count). The molecule has 1 aromatic heterocycles. The quantitative estimate of drug-likeness (QED) is 0.883. The molecule has 1 heterocycles. The summed E-state index contributed by atoms with van der Waals surface area (Å²) >= 11 is 0. The van der Waals surface area contributed by atoms with Crippen LogP contribution in [-0.2, 0) is 0 Å². The summed E-state index contributed by atoms with van der Waals surface area (Å²) in [6.07, 6.45) is 0.815. The maximum atomic E-state index is 9.76. The summed E-state index contributed by atoms with van der Waals surface area (Å²) in [5.74, 6) is 1.61. The Labute approximate surface area is 112 Å². The Kier molecular flexibility index (Phi) is 3.85. The number of aromatic hydroxyl groups is 1. The molecule has 19 heavy (non-hydrogen) atoms. The molecule has 1 unspecified atom stereocenters. The average Bonchev–Trinajstić information content (AvgIpc) is 2.85. The van der Waals surface area contributed by atoms with Gasteiger partial charge in [-0.25, -0.2) is 0 Å². The highest BCUT2D eigenvalue weighted by Crippen LogP contribution is 2.28. The van der Waals surface area contributed by atoms with Crippen molar-refractivity contribution < 1.29 is 9.63 Å². The van der Waals surface area contributed by atoms with Crippen LogP contribution in [0.1, 0.15) is 36.3 Å². The van der Waals surface area contributed by atoms with E-state index < -0.39 is 0 Å². The zero-order valence-corrected chi connectivity index (χ0v) is 11.5. The van der Waals surface area contributed by atoms with Crippen molar-refractivity contribution in [2.45, 2.75) is 33.1 Å². The second kappa shape index (κ2) is 5.40. The molecule has 0 spiro atoms. The van der Waals surface area contributed by atoms with Crippen LogP contribution in [0.2, 0.25) is 0 Å². The first-order valence-electron chi connectivity index (χ1n) is 6.37. The van der Waals surface area contributed by atoms with E-state index in [1.54, 1.807) is 0 Å². The van der Waals surface area contributed by atoms with E-state index in [-0.39, 0.29) is 5.92 Å². The fourth-order valence-corrected chi connectivity index (χ4v) is 2.01. The van der Waals surface area contributed by atoms with Crippen molar-refractivity contribution in [3.8, 4) is 17.1 Å². The molecule has 0 radical (unpaired) electrons. The van der Waals surface area contributed by atoms with Crippen LogP contribution >= 0.6 is 0 Å². The van der Waals surface area contributed by atoms with E-state index in [0.29, 0.717) is 24.0 Å². The van der Waals surface area contributed by atoms with Crippen molar-refractivity contribution in [2.75, 3.05) is 6.54 Å². The van der Waals surface area contributed by atoms with E-state index in [1.165, 1.54) is 0 Å². The largest absolute Gasteiger partial charge is 0.507 e. The fraction of sp³-hybridized carbons (Fsp3) is 0.429. The summed E-state index contributed by atoms with van der Waals surface area (Å²) < 4.78 is 5.26. The Morgan fingerprint density at radius 3 is 2.53 bits per heavy atom. The number of benzene rings is 1. The van der Waals surface area contributed by atoms with Crippen LogP contribution in [0.3, 0.4) is 0 Å². The smallest absolute Gasteiger partial charge is 0.229 e. The zero-order valence-electron chi connectivity index (χ0n) is 11.5. The molecule has 1 atom stereocenters. The van der Waals surface area contributed by atoms with E-state index in [9.17, 15) is 5.11 Å². The lowest BCUT2D eigenvalue weighted by molar-refractivity contribution is 0.355.